The lowest BCUT2D eigenvalue weighted by molar-refractivity contribution is -0.139. The molecule has 2 rings (SSSR count). The van der Waals surface area contributed by atoms with Crippen LogP contribution in [0.25, 0.3) is 0 Å². The number of para-hydroxylation sites is 1. The van der Waals surface area contributed by atoms with Crippen molar-refractivity contribution in [1.82, 2.24) is 10.6 Å². The van der Waals surface area contributed by atoms with Crippen LogP contribution in [0.3, 0.4) is 0 Å². The lowest BCUT2D eigenvalue weighted by atomic mass is 10.0. The van der Waals surface area contributed by atoms with Crippen molar-refractivity contribution in [2.24, 2.45) is 5.92 Å². The zero-order chi connectivity index (χ0) is 17.6. The topological polar surface area (TPSA) is 50.4 Å². The number of ether oxygens (including phenoxy) is 1. The van der Waals surface area contributed by atoms with E-state index in [2.05, 4.69) is 10.6 Å². The van der Waals surface area contributed by atoms with Gasteiger partial charge in [0.25, 0.3) is 0 Å². The van der Waals surface area contributed by atoms with Gasteiger partial charge in [-0.2, -0.15) is 13.2 Å². The van der Waals surface area contributed by atoms with E-state index in [1.54, 1.807) is 6.92 Å². The molecule has 0 saturated carbocycles. The van der Waals surface area contributed by atoms with E-state index in [1.807, 2.05) is 0 Å². The first-order valence-corrected chi connectivity index (χ1v) is 8.15. The van der Waals surface area contributed by atoms with Crippen LogP contribution in [-0.2, 0) is 11.0 Å². The van der Waals surface area contributed by atoms with Gasteiger partial charge in [0.15, 0.2) is 0 Å². The summed E-state index contributed by atoms with van der Waals surface area (Å²) in [5.74, 6) is 0.214. The minimum atomic E-state index is -4.46. The van der Waals surface area contributed by atoms with E-state index in [-0.39, 0.29) is 36.7 Å². The van der Waals surface area contributed by atoms with Gasteiger partial charge < -0.3 is 15.4 Å². The Balaban J connectivity index is 0.00000312. The van der Waals surface area contributed by atoms with Crippen molar-refractivity contribution in [2.75, 3.05) is 19.7 Å². The molecule has 1 saturated heterocycles. The van der Waals surface area contributed by atoms with Gasteiger partial charge >= 0.3 is 6.18 Å². The number of halogens is 4. The van der Waals surface area contributed by atoms with Gasteiger partial charge in [0.1, 0.15) is 12.4 Å². The second-order valence-corrected chi connectivity index (χ2v) is 6.17. The molecule has 0 radical (unpaired) electrons. The summed E-state index contributed by atoms with van der Waals surface area (Å²) < 4.78 is 43.9. The van der Waals surface area contributed by atoms with E-state index in [4.69, 9.17) is 4.74 Å². The van der Waals surface area contributed by atoms with Crippen LogP contribution in [0, 0.1) is 5.92 Å². The van der Waals surface area contributed by atoms with Crippen LogP contribution < -0.4 is 15.4 Å². The first kappa shape index (κ1) is 21.6. The van der Waals surface area contributed by atoms with E-state index in [0.29, 0.717) is 12.3 Å². The van der Waals surface area contributed by atoms with Crippen LogP contribution in [0.4, 0.5) is 13.2 Å². The molecule has 1 aromatic rings. The third kappa shape index (κ3) is 7.12. The number of benzene rings is 1. The quantitative estimate of drug-likeness (QED) is 0.762. The second-order valence-electron chi connectivity index (χ2n) is 6.17. The lowest BCUT2D eigenvalue weighted by Gasteiger charge is -2.18. The number of amides is 1. The number of hydrogen-bond donors (Lipinski definition) is 2. The summed E-state index contributed by atoms with van der Waals surface area (Å²) in [5, 5.41) is 6.02. The van der Waals surface area contributed by atoms with Gasteiger partial charge in [0.05, 0.1) is 11.6 Å². The summed E-state index contributed by atoms with van der Waals surface area (Å²) in [6.07, 6.45) is -2.13. The number of rotatable bonds is 7. The molecule has 1 aliphatic heterocycles. The molecular weight excluding hydrogens is 357 g/mol. The Morgan fingerprint density at radius 1 is 1.40 bits per heavy atom. The van der Waals surface area contributed by atoms with Crippen molar-refractivity contribution >= 4 is 18.3 Å². The highest BCUT2D eigenvalue weighted by Crippen LogP contribution is 2.35. The predicted molar refractivity (Wildman–Crippen MR) is 92.0 cm³/mol. The Labute approximate surface area is 151 Å². The summed E-state index contributed by atoms with van der Waals surface area (Å²) in [7, 11) is 0. The molecule has 0 aromatic heterocycles. The number of carbonyl (C=O) groups excluding carboxylic acids is 1. The standard InChI is InChI=1S/C17H23F3N2O2.ClH/c1-12(22-16(23)7-6-13-8-9-21-10-13)11-24-15-5-3-2-4-14(15)17(18,19)20;/h2-5,12-13,21H,6-11H2,1H3,(H,22,23);1H. The smallest absolute Gasteiger partial charge is 0.419 e. The van der Waals surface area contributed by atoms with E-state index < -0.39 is 11.7 Å². The third-order valence-corrected chi connectivity index (χ3v) is 4.03. The fraction of sp³-hybridized carbons (Fsp3) is 0.588. The summed E-state index contributed by atoms with van der Waals surface area (Å²) in [5.41, 5.74) is -0.808. The zero-order valence-electron chi connectivity index (χ0n) is 14.1. The highest BCUT2D eigenvalue weighted by atomic mass is 35.5. The maximum absolute atomic E-state index is 12.9. The van der Waals surface area contributed by atoms with Gasteiger partial charge in [-0.3, -0.25) is 4.79 Å². The molecule has 1 aromatic carbocycles. The van der Waals surface area contributed by atoms with Crippen LogP contribution in [0.15, 0.2) is 24.3 Å². The van der Waals surface area contributed by atoms with Crippen molar-refractivity contribution in [2.45, 2.75) is 38.4 Å². The SMILES string of the molecule is CC(COc1ccccc1C(F)(F)F)NC(=O)CCC1CCNC1.Cl. The largest absolute Gasteiger partial charge is 0.491 e. The number of nitrogens with one attached hydrogen (secondary N) is 2. The predicted octanol–water partition coefficient (Wildman–Crippen LogP) is 3.40. The van der Waals surface area contributed by atoms with E-state index in [9.17, 15) is 18.0 Å². The van der Waals surface area contributed by atoms with Crippen LogP contribution in [0.1, 0.15) is 31.7 Å². The number of hydrogen-bond acceptors (Lipinski definition) is 3. The van der Waals surface area contributed by atoms with E-state index in [1.165, 1.54) is 18.2 Å². The van der Waals surface area contributed by atoms with Gasteiger partial charge in [-0.15, -0.1) is 12.4 Å². The molecule has 1 amide bonds. The second kappa shape index (κ2) is 9.87. The maximum Gasteiger partial charge on any atom is 0.419 e. The first-order chi connectivity index (χ1) is 11.4. The van der Waals surface area contributed by atoms with Crippen LogP contribution in [-0.4, -0.2) is 31.6 Å². The molecule has 2 unspecified atom stereocenters. The molecule has 0 bridgehead atoms. The van der Waals surface area contributed by atoms with Gasteiger partial charge in [0.2, 0.25) is 5.91 Å². The maximum atomic E-state index is 12.9. The van der Waals surface area contributed by atoms with Gasteiger partial charge in [-0.25, -0.2) is 0 Å². The Morgan fingerprint density at radius 3 is 2.76 bits per heavy atom. The molecule has 1 heterocycles. The van der Waals surface area contributed by atoms with Crippen LogP contribution >= 0.6 is 12.4 Å². The molecule has 2 atom stereocenters. The highest BCUT2D eigenvalue weighted by Gasteiger charge is 2.34. The molecule has 25 heavy (non-hydrogen) atoms. The third-order valence-electron chi connectivity index (χ3n) is 4.03. The average Bonchev–Trinajstić information content (AvgIpc) is 3.04. The summed E-state index contributed by atoms with van der Waals surface area (Å²) >= 11 is 0. The molecule has 0 aliphatic carbocycles. The molecule has 4 nitrogen and oxygen atoms in total. The number of alkyl halides is 3. The number of carbonyl (C=O) groups is 1. The molecule has 0 spiro atoms. The minimum Gasteiger partial charge on any atom is -0.491 e. The van der Waals surface area contributed by atoms with E-state index in [0.717, 1.165) is 32.0 Å². The van der Waals surface area contributed by atoms with Crippen molar-refractivity contribution in [3.05, 3.63) is 29.8 Å². The normalized spacial score (nSPS) is 18.3. The fourth-order valence-corrected chi connectivity index (χ4v) is 2.73. The van der Waals surface area contributed by atoms with Crippen molar-refractivity contribution in [3.63, 3.8) is 0 Å². The molecule has 2 N–H and O–H groups in total. The van der Waals surface area contributed by atoms with Gasteiger partial charge in [-0.1, -0.05) is 12.1 Å². The Bertz CT molecular complexity index is 549. The van der Waals surface area contributed by atoms with Crippen molar-refractivity contribution in [3.8, 4) is 5.75 Å². The molecular formula is C17H24ClF3N2O2. The Morgan fingerprint density at radius 2 is 2.12 bits per heavy atom. The lowest BCUT2D eigenvalue weighted by Crippen LogP contribution is -2.37. The zero-order valence-corrected chi connectivity index (χ0v) is 14.9. The van der Waals surface area contributed by atoms with Crippen LogP contribution in [0.5, 0.6) is 5.75 Å². The highest BCUT2D eigenvalue weighted by molar-refractivity contribution is 5.85. The van der Waals surface area contributed by atoms with Gasteiger partial charge in [0, 0.05) is 6.42 Å². The summed E-state index contributed by atoms with van der Waals surface area (Å²) in [6, 6.07) is 4.71. The fourth-order valence-electron chi connectivity index (χ4n) is 2.73. The molecule has 1 aliphatic rings. The minimum absolute atomic E-state index is 0. The summed E-state index contributed by atoms with van der Waals surface area (Å²) in [6.45, 7) is 3.64. The van der Waals surface area contributed by atoms with Crippen molar-refractivity contribution < 1.29 is 22.7 Å². The van der Waals surface area contributed by atoms with E-state index >= 15 is 0 Å². The molecule has 142 valence electrons. The summed E-state index contributed by atoms with van der Waals surface area (Å²) in [4.78, 5) is 11.9. The molecule has 8 heteroatoms. The monoisotopic (exact) mass is 380 g/mol. The first-order valence-electron chi connectivity index (χ1n) is 8.15. The Hall–Kier alpha value is -1.47. The van der Waals surface area contributed by atoms with Crippen molar-refractivity contribution in [1.29, 1.82) is 0 Å². The molecule has 1 fully saturated rings. The van der Waals surface area contributed by atoms with Crippen LogP contribution in [0.2, 0.25) is 0 Å². The average molecular weight is 381 g/mol. The Kier molecular flexibility index (Phi) is 8.52. The van der Waals surface area contributed by atoms with Gasteiger partial charge in [-0.05, 0) is 50.9 Å².